The zero-order valence-electron chi connectivity index (χ0n) is 10.1. The summed E-state index contributed by atoms with van der Waals surface area (Å²) in [5.74, 6) is -0.0393. The molecule has 0 fully saturated rings. The van der Waals surface area contributed by atoms with Gasteiger partial charge in [-0.2, -0.15) is 0 Å². The van der Waals surface area contributed by atoms with Crippen LogP contribution in [0.4, 0.5) is 4.39 Å². The van der Waals surface area contributed by atoms with Gasteiger partial charge in [0.15, 0.2) is 0 Å². The molecule has 0 aliphatic rings. The lowest BCUT2D eigenvalue weighted by Gasteiger charge is -2.00. The Morgan fingerprint density at radius 2 is 1.89 bits per heavy atom. The van der Waals surface area contributed by atoms with Crippen LogP contribution in [0.2, 0.25) is 0 Å². The van der Waals surface area contributed by atoms with E-state index in [4.69, 9.17) is 0 Å². The monoisotopic (exact) mass is 243 g/mol. The predicted molar refractivity (Wildman–Crippen MR) is 70.5 cm³/mol. The number of aromatic hydroxyl groups is 1. The molecule has 2 nitrogen and oxygen atoms in total. The Kier molecular flexibility index (Phi) is 3.72. The minimum Gasteiger partial charge on any atom is -0.507 e. The summed E-state index contributed by atoms with van der Waals surface area (Å²) in [5.41, 5.74) is 2.69. The lowest BCUT2D eigenvalue weighted by atomic mass is 10.1. The first kappa shape index (κ1) is 12.3. The van der Waals surface area contributed by atoms with Crippen LogP contribution in [0.3, 0.4) is 0 Å². The lowest BCUT2D eigenvalue weighted by molar-refractivity contribution is 0.474. The van der Waals surface area contributed by atoms with Crippen molar-refractivity contribution in [3.05, 3.63) is 65.0 Å². The molecule has 92 valence electrons. The van der Waals surface area contributed by atoms with Crippen molar-refractivity contribution in [2.75, 3.05) is 0 Å². The summed E-state index contributed by atoms with van der Waals surface area (Å²) < 4.78 is 12.7. The van der Waals surface area contributed by atoms with E-state index < -0.39 is 0 Å². The van der Waals surface area contributed by atoms with Crippen LogP contribution >= 0.6 is 0 Å². The van der Waals surface area contributed by atoms with Crippen LogP contribution in [0.1, 0.15) is 16.7 Å². The summed E-state index contributed by atoms with van der Waals surface area (Å²) in [7, 11) is 0. The number of halogens is 1. The zero-order chi connectivity index (χ0) is 13.0. The predicted octanol–water partition coefficient (Wildman–Crippen LogP) is 3.46. The molecule has 18 heavy (non-hydrogen) atoms. The van der Waals surface area contributed by atoms with E-state index in [2.05, 4.69) is 4.99 Å². The molecule has 2 aromatic carbocycles. The van der Waals surface area contributed by atoms with Gasteiger partial charge in [-0.25, -0.2) is 4.39 Å². The molecule has 0 spiro atoms. The van der Waals surface area contributed by atoms with E-state index in [1.807, 2.05) is 19.1 Å². The Balaban J connectivity index is 2.07. The van der Waals surface area contributed by atoms with Gasteiger partial charge >= 0.3 is 0 Å². The van der Waals surface area contributed by atoms with Crippen molar-refractivity contribution in [2.24, 2.45) is 4.99 Å². The van der Waals surface area contributed by atoms with Gasteiger partial charge in [0.2, 0.25) is 0 Å². The molecule has 0 atom stereocenters. The number of phenols is 1. The maximum Gasteiger partial charge on any atom is 0.124 e. The molecule has 0 aliphatic carbocycles. The van der Waals surface area contributed by atoms with Gasteiger partial charge in [0, 0.05) is 11.8 Å². The number of phenolic OH excluding ortho intramolecular Hbond substituents is 1. The van der Waals surface area contributed by atoms with Gasteiger partial charge in [0.25, 0.3) is 0 Å². The molecule has 2 aromatic rings. The van der Waals surface area contributed by atoms with E-state index in [-0.39, 0.29) is 11.6 Å². The summed E-state index contributed by atoms with van der Waals surface area (Å²) >= 11 is 0. The molecule has 2 rings (SSSR count). The van der Waals surface area contributed by atoms with Crippen LogP contribution < -0.4 is 0 Å². The number of nitrogens with zero attached hydrogens (tertiary/aromatic N) is 1. The fourth-order valence-corrected chi connectivity index (χ4v) is 1.62. The smallest absolute Gasteiger partial charge is 0.124 e. The molecule has 3 heteroatoms. The van der Waals surface area contributed by atoms with Gasteiger partial charge in [-0.1, -0.05) is 23.8 Å². The van der Waals surface area contributed by atoms with Crippen molar-refractivity contribution in [2.45, 2.75) is 13.5 Å². The number of aryl methyl sites for hydroxylation is 1. The standard InChI is InChI=1S/C15H14FNO/c1-11-2-7-15(18)13(8-11)10-17-9-12-3-5-14(16)6-4-12/h2-8,10,18H,9H2,1H3. The van der Waals surface area contributed by atoms with Gasteiger partial charge in [0.05, 0.1) is 6.54 Å². The minimum absolute atomic E-state index is 0.212. The number of benzene rings is 2. The fraction of sp³-hybridized carbons (Fsp3) is 0.133. The molecule has 0 aromatic heterocycles. The molecule has 0 heterocycles. The van der Waals surface area contributed by atoms with Crippen molar-refractivity contribution < 1.29 is 9.50 Å². The van der Waals surface area contributed by atoms with Crippen molar-refractivity contribution >= 4 is 6.21 Å². The Hall–Kier alpha value is -2.16. The SMILES string of the molecule is Cc1ccc(O)c(C=NCc2ccc(F)cc2)c1. The molecule has 0 amide bonds. The Morgan fingerprint density at radius 3 is 2.61 bits per heavy atom. The third-order valence-electron chi connectivity index (χ3n) is 2.60. The van der Waals surface area contributed by atoms with Crippen LogP contribution in [0, 0.1) is 12.7 Å². The maximum absolute atomic E-state index is 12.7. The third kappa shape index (κ3) is 3.17. The van der Waals surface area contributed by atoms with E-state index >= 15 is 0 Å². The van der Waals surface area contributed by atoms with Gasteiger partial charge < -0.3 is 5.11 Å². The largest absolute Gasteiger partial charge is 0.507 e. The highest BCUT2D eigenvalue weighted by Gasteiger charge is 1.97. The quantitative estimate of drug-likeness (QED) is 0.823. The van der Waals surface area contributed by atoms with E-state index in [0.29, 0.717) is 12.1 Å². The number of rotatable bonds is 3. The second kappa shape index (κ2) is 5.45. The average molecular weight is 243 g/mol. The van der Waals surface area contributed by atoms with Gasteiger partial charge in [0.1, 0.15) is 11.6 Å². The Bertz CT molecular complexity index is 561. The topological polar surface area (TPSA) is 32.6 Å². The second-order valence-electron chi connectivity index (χ2n) is 4.16. The molecule has 0 unspecified atom stereocenters. The minimum atomic E-state index is -0.251. The second-order valence-corrected chi connectivity index (χ2v) is 4.16. The molecule has 0 bridgehead atoms. The molecule has 0 saturated carbocycles. The van der Waals surface area contributed by atoms with Crippen molar-refractivity contribution in [1.82, 2.24) is 0 Å². The third-order valence-corrected chi connectivity index (χ3v) is 2.60. The van der Waals surface area contributed by atoms with E-state index in [0.717, 1.165) is 11.1 Å². The highest BCUT2D eigenvalue weighted by atomic mass is 19.1. The highest BCUT2D eigenvalue weighted by molar-refractivity contribution is 5.83. The van der Waals surface area contributed by atoms with E-state index in [1.54, 1.807) is 24.4 Å². The van der Waals surface area contributed by atoms with Crippen LogP contribution in [0.25, 0.3) is 0 Å². The molecule has 0 aliphatic heterocycles. The molecule has 1 N–H and O–H groups in total. The average Bonchev–Trinajstić information content (AvgIpc) is 2.36. The first-order valence-corrected chi connectivity index (χ1v) is 5.69. The highest BCUT2D eigenvalue weighted by Crippen LogP contribution is 2.16. The summed E-state index contributed by atoms with van der Waals surface area (Å²) in [6, 6.07) is 11.6. The van der Waals surface area contributed by atoms with Gasteiger partial charge in [-0.05, 0) is 36.8 Å². The van der Waals surface area contributed by atoms with Crippen LogP contribution in [-0.2, 0) is 6.54 Å². The Labute approximate surface area is 105 Å². The fourth-order valence-electron chi connectivity index (χ4n) is 1.62. The first-order valence-electron chi connectivity index (χ1n) is 5.69. The zero-order valence-corrected chi connectivity index (χ0v) is 10.1. The van der Waals surface area contributed by atoms with Crippen LogP contribution in [0.5, 0.6) is 5.75 Å². The number of hydrogen-bond acceptors (Lipinski definition) is 2. The maximum atomic E-state index is 12.7. The number of aliphatic imine (C=N–C) groups is 1. The van der Waals surface area contributed by atoms with Crippen molar-refractivity contribution in [3.8, 4) is 5.75 Å². The van der Waals surface area contributed by atoms with Crippen molar-refractivity contribution in [3.63, 3.8) is 0 Å². The summed E-state index contributed by atoms with van der Waals surface area (Å²) in [4.78, 5) is 4.24. The van der Waals surface area contributed by atoms with Crippen molar-refractivity contribution in [1.29, 1.82) is 0 Å². The molecular weight excluding hydrogens is 229 g/mol. The van der Waals surface area contributed by atoms with E-state index in [1.165, 1.54) is 12.1 Å². The molecule has 0 radical (unpaired) electrons. The first-order chi connectivity index (χ1) is 8.65. The normalized spacial score (nSPS) is 11.0. The van der Waals surface area contributed by atoms with Crippen LogP contribution in [-0.4, -0.2) is 11.3 Å². The molecular formula is C15H14FNO. The summed E-state index contributed by atoms with van der Waals surface area (Å²) in [6.45, 7) is 2.42. The summed E-state index contributed by atoms with van der Waals surface area (Å²) in [5, 5.41) is 9.63. The van der Waals surface area contributed by atoms with Gasteiger partial charge in [-0.15, -0.1) is 0 Å². The van der Waals surface area contributed by atoms with E-state index in [9.17, 15) is 9.50 Å². The van der Waals surface area contributed by atoms with Gasteiger partial charge in [-0.3, -0.25) is 4.99 Å². The Morgan fingerprint density at radius 1 is 1.17 bits per heavy atom. The van der Waals surface area contributed by atoms with Crippen LogP contribution in [0.15, 0.2) is 47.5 Å². The summed E-state index contributed by atoms with van der Waals surface area (Å²) in [6.07, 6.45) is 1.63. The number of hydrogen-bond donors (Lipinski definition) is 1. The molecule has 0 saturated heterocycles. The lowest BCUT2D eigenvalue weighted by Crippen LogP contribution is -1.87.